The minimum atomic E-state index is -0.797. The molecular weight excluding hydrogens is 336 g/mol. The van der Waals surface area contributed by atoms with E-state index in [1.165, 1.54) is 17.6 Å². The highest BCUT2D eigenvalue weighted by Gasteiger charge is 2.21. The molecule has 0 atom stereocenters. The first-order valence-corrected chi connectivity index (χ1v) is 8.11. The lowest BCUT2D eigenvalue weighted by molar-refractivity contribution is -0.135. The number of carbonyl (C=O) groups is 1. The van der Waals surface area contributed by atoms with E-state index < -0.39 is 5.97 Å². The molecule has 3 rings (SSSR count). The highest BCUT2D eigenvalue weighted by atomic mass is 16.5. The summed E-state index contributed by atoms with van der Waals surface area (Å²) < 4.78 is 11.4. The van der Waals surface area contributed by atoms with Crippen molar-refractivity contribution in [2.24, 2.45) is 0 Å². The van der Waals surface area contributed by atoms with Crippen molar-refractivity contribution in [1.29, 1.82) is 5.26 Å². The summed E-state index contributed by atoms with van der Waals surface area (Å²) in [6.45, 7) is 4.03. The van der Waals surface area contributed by atoms with Gasteiger partial charge in [0.2, 0.25) is 0 Å². The van der Waals surface area contributed by atoms with E-state index in [9.17, 15) is 14.9 Å². The number of nitriles is 1. The van der Waals surface area contributed by atoms with Gasteiger partial charge in [-0.25, -0.2) is 9.78 Å². The predicted octanol–water partition coefficient (Wildman–Crippen LogP) is 0.920. The smallest absolute Gasteiger partial charge is 0.348 e. The lowest BCUT2D eigenvalue weighted by Gasteiger charge is -2.29. The van der Waals surface area contributed by atoms with E-state index in [0.29, 0.717) is 37.8 Å². The second kappa shape index (κ2) is 7.37. The van der Waals surface area contributed by atoms with Crippen LogP contribution >= 0.6 is 0 Å². The zero-order chi connectivity index (χ0) is 18.7. The summed E-state index contributed by atoms with van der Waals surface area (Å²) in [6.07, 6.45) is 2.86. The third kappa shape index (κ3) is 3.17. The SMILES string of the molecule is COC(=O)/C(C#N)=C\c1c(N2CCOCC2)nc2c(C)cccn2c1=O. The van der Waals surface area contributed by atoms with Crippen LogP contribution in [-0.4, -0.2) is 48.8 Å². The van der Waals surface area contributed by atoms with E-state index in [1.807, 2.05) is 17.9 Å². The van der Waals surface area contributed by atoms with Gasteiger partial charge in [0.05, 0.1) is 25.9 Å². The van der Waals surface area contributed by atoms with E-state index >= 15 is 0 Å². The van der Waals surface area contributed by atoms with Gasteiger partial charge in [-0.15, -0.1) is 0 Å². The molecule has 0 saturated carbocycles. The van der Waals surface area contributed by atoms with Crippen LogP contribution in [0.1, 0.15) is 11.1 Å². The van der Waals surface area contributed by atoms with E-state index in [-0.39, 0.29) is 16.7 Å². The summed E-state index contributed by atoms with van der Waals surface area (Å²) in [6, 6.07) is 5.40. The Balaban J connectivity index is 2.30. The van der Waals surface area contributed by atoms with Gasteiger partial charge < -0.3 is 14.4 Å². The van der Waals surface area contributed by atoms with Crippen LogP contribution < -0.4 is 10.5 Å². The van der Waals surface area contributed by atoms with Gasteiger partial charge in [0.1, 0.15) is 23.1 Å². The zero-order valence-corrected chi connectivity index (χ0v) is 14.6. The molecule has 0 N–H and O–H groups in total. The molecule has 8 nitrogen and oxygen atoms in total. The van der Waals surface area contributed by atoms with Crippen molar-refractivity contribution in [3.63, 3.8) is 0 Å². The van der Waals surface area contributed by atoms with E-state index in [4.69, 9.17) is 4.74 Å². The van der Waals surface area contributed by atoms with E-state index in [2.05, 4.69) is 9.72 Å². The summed E-state index contributed by atoms with van der Waals surface area (Å²) >= 11 is 0. The molecule has 0 aromatic carbocycles. The summed E-state index contributed by atoms with van der Waals surface area (Å²) in [5, 5.41) is 9.26. The van der Waals surface area contributed by atoms with Gasteiger partial charge in [-0.2, -0.15) is 5.26 Å². The second-order valence-electron chi connectivity index (χ2n) is 5.80. The number of hydrogen-bond acceptors (Lipinski definition) is 7. The van der Waals surface area contributed by atoms with Crippen molar-refractivity contribution in [1.82, 2.24) is 9.38 Å². The number of morpholine rings is 1. The fourth-order valence-corrected chi connectivity index (χ4v) is 2.83. The molecular formula is C18H18N4O4. The molecule has 134 valence electrons. The highest BCUT2D eigenvalue weighted by molar-refractivity contribution is 5.98. The maximum atomic E-state index is 13.1. The van der Waals surface area contributed by atoms with Crippen LogP contribution in [0.25, 0.3) is 11.7 Å². The maximum Gasteiger partial charge on any atom is 0.348 e. The maximum absolute atomic E-state index is 13.1. The van der Waals surface area contributed by atoms with Crippen molar-refractivity contribution >= 4 is 23.5 Å². The Morgan fingerprint density at radius 1 is 1.42 bits per heavy atom. The third-order valence-corrected chi connectivity index (χ3v) is 4.19. The number of anilines is 1. The van der Waals surface area contributed by atoms with E-state index in [1.54, 1.807) is 18.3 Å². The first-order valence-electron chi connectivity index (χ1n) is 8.11. The molecule has 0 unspecified atom stereocenters. The molecule has 0 spiro atoms. The van der Waals surface area contributed by atoms with Crippen LogP contribution in [0.3, 0.4) is 0 Å². The fourth-order valence-electron chi connectivity index (χ4n) is 2.83. The van der Waals surface area contributed by atoms with Crippen LogP contribution in [0.4, 0.5) is 5.82 Å². The molecule has 0 aliphatic carbocycles. The van der Waals surface area contributed by atoms with Crippen LogP contribution in [0, 0.1) is 18.3 Å². The van der Waals surface area contributed by atoms with Crippen molar-refractivity contribution in [2.45, 2.75) is 6.92 Å². The van der Waals surface area contributed by atoms with Crippen LogP contribution in [0.15, 0.2) is 28.7 Å². The summed E-state index contributed by atoms with van der Waals surface area (Å²) in [4.78, 5) is 31.4. The topological polar surface area (TPSA) is 96.9 Å². The summed E-state index contributed by atoms with van der Waals surface area (Å²) in [5.41, 5.74) is 0.957. The number of rotatable bonds is 3. The molecule has 1 aliphatic rings. The Kier molecular flexibility index (Phi) is 5.00. The average Bonchev–Trinajstić information content (AvgIpc) is 2.68. The zero-order valence-electron chi connectivity index (χ0n) is 14.6. The minimum Gasteiger partial charge on any atom is -0.465 e. The summed E-state index contributed by atoms with van der Waals surface area (Å²) in [5.74, 6) is -0.363. The molecule has 1 saturated heterocycles. The quantitative estimate of drug-likeness (QED) is 0.459. The average molecular weight is 354 g/mol. The minimum absolute atomic E-state index is 0.178. The van der Waals surface area contributed by atoms with Gasteiger partial charge >= 0.3 is 5.97 Å². The third-order valence-electron chi connectivity index (χ3n) is 4.19. The molecule has 0 amide bonds. The number of aromatic nitrogens is 2. The van der Waals surface area contributed by atoms with Gasteiger partial charge in [0.15, 0.2) is 0 Å². The Labute approximate surface area is 149 Å². The normalized spacial score (nSPS) is 15.0. The first kappa shape index (κ1) is 17.6. The molecule has 2 aromatic heterocycles. The molecule has 3 heterocycles. The molecule has 1 fully saturated rings. The molecule has 8 heteroatoms. The molecule has 2 aromatic rings. The van der Waals surface area contributed by atoms with Gasteiger partial charge in [0.25, 0.3) is 5.56 Å². The standard InChI is InChI=1S/C18H18N4O4/c1-12-4-3-5-22-15(12)20-16(21-6-8-26-9-7-21)14(17(22)23)10-13(11-19)18(24)25-2/h3-5,10H,6-9H2,1-2H3/b13-10-. The van der Waals surface area contributed by atoms with Gasteiger partial charge in [-0.1, -0.05) is 6.07 Å². The Morgan fingerprint density at radius 3 is 2.81 bits per heavy atom. The number of pyridine rings is 1. The number of aryl methyl sites for hydroxylation is 1. The molecule has 0 bridgehead atoms. The molecule has 26 heavy (non-hydrogen) atoms. The van der Waals surface area contributed by atoms with Gasteiger partial charge in [-0.05, 0) is 24.6 Å². The van der Waals surface area contributed by atoms with Crippen LogP contribution in [0.5, 0.6) is 0 Å². The fraction of sp³-hybridized carbons (Fsp3) is 0.333. The number of ether oxygens (including phenoxy) is 2. The lowest BCUT2D eigenvalue weighted by atomic mass is 10.1. The number of fused-ring (bicyclic) bond motifs is 1. The van der Waals surface area contributed by atoms with Crippen molar-refractivity contribution in [3.8, 4) is 6.07 Å². The highest BCUT2D eigenvalue weighted by Crippen LogP contribution is 2.21. The van der Waals surface area contributed by atoms with Crippen molar-refractivity contribution in [3.05, 3.63) is 45.4 Å². The number of hydrogen-bond donors (Lipinski definition) is 0. The monoisotopic (exact) mass is 354 g/mol. The summed E-state index contributed by atoms with van der Waals surface area (Å²) in [7, 11) is 1.19. The Hall–Kier alpha value is -3.18. The van der Waals surface area contributed by atoms with E-state index in [0.717, 1.165) is 5.56 Å². The second-order valence-corrected chi connectivity index (χ2v) is 5.80. The number of esters is 1. The Morgan fingerprint density at radius 2 is 2.15 bits per heavy atom. The van der Waals surface area contributed by atoms with Crippen LogP contribution in [-0.2, 0) is 14.3 Å². The lowest BCUT2D eigenvalue weighted by Crippen LogP contribution is -2.38. The van der Waals surface area contributed by atoms with Gasteiger partial charge in [0, 0.05) is 19.3 Å². The first-order chi connectivity index (χ1) is 12.6. The van der Waals surface area contributed by atoms with Crippen molar-refractivity contribution in [2.75, 3.05) is 38.3 Å². The number of methoxy groups -OCH3 is 1. The van der Waals surface area contributed by atoms with Crippen LogP contribution in [0.2, 0.25) is 0 Å². The van der Waals surface area contributed by atoms with Crippen molar-refractivity contribution < 1.29 is 14.3 Å². The number of carbonyl (C=O) groups excluding carboxylic acids is 1. The predicted molar refractivity (Wildman–Crippen MR) is 94.8 cm³/mol. The number of nitrogens with zero attached hydrogens (tertiary/aromatic N) is 4. The molecule has 0 radical (unpaired) electrons. The largest absolute Gasteiger partial charge is 0.465 e. The van der Waals surface area contributed by atoms with Gasteiger partial charge in [-0.3, -0.25) is 9.20 Å². The molecule has 1 aliphatic heterocycles. The Bertz CT molecular complexity index is 981.